The topological polar surface area (TPSA) is 68.0 Å². The summed E-state index contributed by atoms with van der Waals surface area (Å²) >= 11 is 0. The minimum Gasteiger partial charge on any atom is -0.381 e. The SMILES string of the molecule is Cc1ccc(CNc2ccc(CC(N)=O)cc2)cn1. The van der Waals surface area contributed by atoms with Crippen LogP contribution in [0.5, 0.6) is 0 Å². The Labute approximate surface area is 112 Å². The molecule has 3 N–H and O–H groups in total. The van der Waals surface area contributed by atoms with Crippen LogP contribution in [0.4, 0.5) is 5.69 Å². The van der Waals surface area contributed by atoms with Crippen molar-refractivity contribution in [3.05, 3.63) is 59.4 Å². The van der Waals surface area contributed by atoms with Crippen molar-refractivity contribution in [2.24, 2.45) is 5.73 Å². The lowest BCUT2D eigenvalue weighted by Gasteiger charge is -2.07. The molecule has 0 atom stereocenters. The molecule has 0 saturated heterocycles. The zero-order chi connectivity index (χ0) is 13.7. The largest absolute Gasteiger partial charge is 0.381 e. The Bertz CT molecular complexity index is 547. The number of nitrogens with two attached hydrogens (primary N) is 1. The van der Waals surface area contributed by atoms with Crippen LogP contribution in [0, 0.1) is 6.92 Å². The van der Waals surface area contributed by atoms with Crippen LogP contribution in [-0.4, -0.2) is 10.9 Å². The number of amides is 1. The zero-order valence-corrected chi connectivity index (χ0v) is 10.9. The first kappa shape index (κ1) is 13.1. The highest BCUT2D eigenvalue weighted by atomic mass is 16.1. The van der Waals surface area contributed by atoms with E-state index < -0.39 is 0 Å². The highest BCUT2D eigenvalue weighted by Crippen LogP contribution is 2.11. The van der Waals surface area contributed by atoms with Crippen molar-refractivity contribution in [2.45, 2.75) is 19.9 Å². The van der Waals surface area contributed by atoms with Gasteiger partial charge in [-0.25, -0.2) is 0 Å². The Balaban J connectivity index is 1.92. The van der Waals surface area contributed by atoms with Gasteiger partial charge in [0.1, 0.15) is 0 Å². The van der Waals surface area contributed by atoms with Crippen molar-refractivity contribution in [3.63, 3.8) is 0 Å². The average Bonchev–Trinajstić information content (AvgIpc) is 2.39. The fourth-order valence-electron chi connectivity index (χ4n) is 1.75. The van der Waals surface area contributed by atoms with Gasteiger partial charge in [-0.05, 0) is 36.2 Å². The second-order valence-corrected chi connectivity index (χ2v) is 4.50. The maximum Gasteiger partial charge on any atom is 0.221 e. The molecule has 19 heavy (non-hydrogen) atoms. The number of nitrogens with one attached hydrogen (secondary N) is 1. The molecule has 0 fully saturated rings. The van der Waals surface area contributed by atoms with Crippen LogP contribution >= 0.6 is 0 Å². The van der Waals surface area contributed by atoms with Gasteiger partial charge in [-0.2, -0.15) is 0 Å². The molecule has 0 aliphatic rings. The van der Waals surface area contributed by atoms with Crippen molar-refractivity contribution >= 4 is 11.6 Å². The summed E-state index contributed by atoms with van der Waals surface area (Å²) in [7, 11) is 0. The Morgan fingerprint density at radius 3 is 2.42 bits per heavy atom. The van der Waals surface area contributed by atoms with E-state index in [1.54, 1.807) is 0 Å². The number of carbonyl (C=O) groups excluding carboxylic acids is 1. The second-order valence-electron chi connectivity index (χ2n) is 4.50. The Morgan fingerprint density at radius 2 is 1.84 bits per heavy atom. The van der Waals surface area contributed by atoms with Crippen LogP contribution < -0.4 is 11.1 Å². The number of pyridine rings is 1. The van der Waals surface area contributed by atoms with E-state index in [0.29, 0.717) is 0 Å². The van der Waals surface area contributed by atoms with Crippen molar-refractivity contribution in [3.8, 4) is 0 Å². The molecule has 2 aromatic rings. The van der Waals surface area contributed by atoms with Gasteiger partial charge in [0.05, 0.1) is 6.42 Å². The van der Waals surface area contributed by atoms with Crippen LogP contribution in [0.2, 0.25) is 0 Å². The maximum atomic E-state index is 10.8. The van der Waals surface area contributed by atoms with Gasteiger partial charge in [0.15, 0.2) is 0 Å². The minimum absolute atomic E-state index is 0.280. The van der Waals surface area contributed by atoms with Gasteiger partial charge in [0.25, 0.3) is 0 Å². The van der Waals surface area contributed by atoms with Gasteiger partial charge >= 0.3 is 0 Å². The lowest BCUT2D eigenvalue weighted by molar-refractivity contribution is -0.117. The molecule has 4 nitrogen and oxygen atoms in total. The number of nitrogens with zero attached hydrogens (tertiary/aromatic N) is 1. The van der Waals surface area contributed by atoms with E-state index in [9.17, 15) is 4.79 Å². The van der Waals surface area contributed by atoms with Gasteiger partial charge in [-0.1, -0.05) is 18.2 Å². The highest BCUT2D eigenvalue weighted by molar-refractivity contribution is 5.76. The lowest BCUT2D eigenvalue weighted by atomic mass is 10.1. The molecule has 1 aromatic heterocycles. The standard InChI is InChI=1S/C15H17N3O/c1-11-2-3-13(9-17-11)10-18-14-6-4-12(5-7-14)8-15(16)19/h2-7,9,18H,8,10H2,1H3,(H2,16,19). The van der Waals surface area contributed by atoms with Gasteiger partial charge < -0.3 is 11.1 Å². The number of hydrogen-bond acceptors (Lipinski definition) is 3. The van der Waals surface area contributed by atoms with E-state index in [4.69, 9.17) is 5.73 Å². The number of aryl methyl sites for hydroxylation is 1. The normalized spacial score (nSPS) is 10.2. The maximum absolute atomic E-state index is 10.8. The monoisotopic (exact) mass is 255 g/mol. The first-order valence-electron chi connectivity index (χ1n) is 6.16. The molecule has 98 valence electrons. The first-order chi connectivity index (χ1) is 9.13. The predicted molar refractivity (Wildman–Crippen MR) is 75.6 cm³/mol. The van der Waals surface area contributed by atoms with E-state index in [-0.39, 0.29) is 12.3 Å². The van der Waals surface area contributed by atoms with Crippen LogP contribution in [-0.2, 0) is 17.8 Å². The van der Waals surface area contributed by atoms with E-state index in [0.717, 1.165) is 29.1 Å². The minimum atomic E-state index is -0.313. The molecule has 0 spiro atoms. The molecule has 0 saturated carbocycles. The third-order valence-electron chi connectivity index (χ3n) is 2.80. The van der Waals surface area contributed by atoms with Gasteiger partial charge in [0.2, 0.25) is 5.91 Å². The number of anilines is 1. The van der Waals surface area contributed by atoms with Crippen molar-refractivity contribution in [2.75, 3.05) is 5.32 Å². The summed E-state index contributed by atoms with van der Waals surface area (Å²) in [6.07, 6.45) is 2.14. The third kappa shape index (κ3) is 4.10. The zero-order valence-electron chi connectivity index (χ0n) is 10.9. The summed E-state index contributed by atoms with van der Waals surface area (Å²) in [6.45, 7) is 2.69. The number of rotatable bonds is 5. The first-order valence-corrected chi connectivity index (χ1v) is 6.16. The highest BCUT2D eigenvalue weighted by Gasteiger charge is 1.99. The van der Waals surface area contributed by atoms with Crippen LogP contribution in [0.25, 0.3) is 0 Å². The van der Waals surface area contributed by atoms with Crippen molar-refractivity contribution in [1.82, 2.24) is 4.98 Å². The number of benzene rings is 1. The molecule has 4 heteroatoms. The lowest BCUT2D eigenvalue weighted by Crippen LogP contribution is -2.13. The van der Waals surface area contributed by atoms with E-state index in [1.807, 2.05) is 43.5 Å². The van der Waals surface area contributed by atoms with Crippen molar-refractivity contribution < 1.29 is 4.79 Å². The molecule has 0 aliphatic carbocycles. The number of aromatic nitrogens is 1. The average molecular weight is 255 g/mol. The molecule has 0 radical (unpaired) electrons. The molecule has 2 rings (SSSR count). The molecule has 0 unspecified atom stereocenters. The van der Waals surface area contributed by atoms with Crippen LogP contribution in [0.1, 0.15) is 16.8 Å². The fourth-order valence-corrected chi connectivity index (χ4v) is 1.75. The summed E-state index contributed by atoms with van der Waals surface area (Å²) in [5.74, 6) is -0.313. The predicted octanol–water partition coefficient (Wildman–Crippen LogP) is 2.03. The third-order valence-corrected chi connectivity index (χ3v) is 2.80. The van der Waals surface area contributed by atoms with E-state index in [1.165, 1.54) is 0 Å². The summed E-state index contributed by atoms with van der Waals surface area (Å²) in [6, 6.07) is 11.7. The smallest absolute Gasteiger partial charge is 0.221 e. The number of carbonyl (C=O) groups is 1. The van der Waals surface area contributed by atoms with Crippen LogP contribution in [0.15, 0.2) is 42.6 Å². The molecular weight excluding hydrogens is 238 g/mol. The van der Waals surface area contributed by atoms with Crippen LogP contribution in [0.3, 0.4) is 0 Å². The fraction of sp³-hybridized carbons (Fsp3) is 0.200. The molecule has 1 aromatic carbocycles. The van der Waals surface area contributed by atoms with E-state index >= 15 is 0 Å². The van der Waals surface area contributed by atoms with Gasteiger partial charge in [0, 0.05) is 24.1 Å². The molecule has 1 amide bonds. The van der Waals surface area contributed by atoms with Crippen molar-refractivity contribution in [1.29, 1.82) is 0 Å². The summed E-state index contributed by atoms with van der Waals surface area (Å²) in [5.41, 5.74) is 9.23. The summed E-state index contributed by atoms with van der Waals surface area (Å²) < 4.78 is 0. The number of primary amides is 1. The second kappa shape index (κ2) is 6.00. The van der Waals surface area contributed by atoms with E-state index in [2.05, 4.69) is 16.4 Å². The summed E-state index contributed by atoms with van der Waals surface area (Å²) in [5, 5.41) is 3.30. The molecule has 0 aliphatic heterocycles. The molecule has 1 heterocycles. The quantitative estimate of drug-likeness (QED) is 0.859. The summed E-state index contributed by atoms with van der Waals surface area (Å²) in [4.78, 5) is 15.0. The molecule has 0 bridgehead atoms. The Kier molecular flexibility index (Phi) is 4.13. The number of hydrogen-bond donors (Lipinski definition) is 2. The van der Waals surface area contributed by atoms with Gasteiger partial charge in [-0.15, -0.1) is 0 Å². The molecular formula is C15H17N3O. The Morgan fingerprint density at radius 1 is 1.16 bits per heavy atom. The Hall–Kier alpha value is -2.36. The van der Waals surface area contributed by atoms with Gasteiger partial charge in [-0.3, -0.25) is 9.78 Å².